The minimum Gasteiger partial charge on any atom is -0.489 e. The Bertz CT molecular complexity index is 746. The molecule has 0 heterocycles. The number of anilines is 1. The number of rotatable bonds is 4. The van der Waals surface area contributed by atoms with Gasteiger partial charge in [-0.05, 0) is 56.4 Å². The van der Waals surface area contributed by atoms with Crippen molar-refractivity contribution in [3.05, 3.63) is 58.1 Å². The second-order valence-electron chi connectivity index (χ2n) is 5.23. The zero-order chi connectivity index (χ0) is 17.7. The van der Waals surface area contributed by atoms with Crippen LogP contribution in [0.2, 0.25) is 10.0 Å². The summed E-state index contributed by atoms with van der Waals surface area (Å²) in [6, 6.07) is 11.9. The van der Waals surface area contributed by atoms with Crippen molar-refractivity contribution in [2.75, 3.05) is 5.32 Å². The van der Waals surface area contributed by atoms with Gasteiger partial charge in [0.25, 0.3) is 5.91 Å². The summed E-state index contributed by atoms with van der Waals surface area (Å²) in [5, 5.41) is 6.45. The number of benzene rings is 2. The number of carbonyl (C=O) groups is 1. The van der Waals surface area contributed by atoms with Gasteiger partial charge in [0.2, 0.25) is 0 Å². The lowest BCUT2D eigenvalue weighted by atomic mass is 10.2. The van der Waals surface area contributed by atoms with Crippen molar-refractivity contribution in [3.8, 4) is 5.75 Å². The molecule has 0 saturated heterocycles. The van der Waals surface area contributed by atoms with Crippen molar-refractivity contribution in [1.82, 2.24) is 5.32 Å². The van der Waals surface area contributed by atoms with Gasteiger partial charge in [-0.1, -0.05) is 35.3 Å². The Morgan fingerprint density at radius 1 is 1.12 bits per heavy atom. The molecule has 126 valence electrons. The van der Waals surface area contributed by atoms with E-state index < -0.39 is 5.91 Å². The number of ether oxygens (including phenoxy) is 1. The molecule has 2 aromatic rings. The second kappa shape index (κ2) is 8.33. The number of para-hydroxylation sites is 2. The van der Waals surface area contributed by atoms with E-state index in [0.29, 0.717) is 27.0 Å². The van der Waals surface area contributed by atoms with Crippen molar-refractivity contribution < 1.29 is 9.53 Å². The average Bonchev–Trinajstić information content (AvgIpc) is 2.47. The fraction of sp³-hybridized carbons (Fsp3) is 0.176. The standard InChI is InChI=1S/C17H16Cl2N2O2S/c1-10(2)23-15-6-4-3-5-14(15)20-17(24)21-16(22)11-7-12(18)9-13(19)8-11/h3-10H,1-2H3,(H2,20,21,22,24). The first kappa shape index (κ1) is 18.5. The molecule has 0 fully saturated rings. The second-order valence-corrected chi connectivity index (χ2v) is 6.51. The van der Waals surface area contributed by atoms with Crippen molar-refractivity contribution in [1.29, 1.82) is 0 Å². The van der Waals surface area contributed by atoms with E-state index in [-0.39, 0.29) is 11.2 Å². The third-order valence-corrected chi connectivity index (χ3v) is 3.49. The first-order chi connectivity index (χ1) is 11.3. The fourth-order valence-electron chi connectivity index (χ4n) is 1.94. The predicted octanol–water partition coefficient (Wildman–Crippen LogP) is 4.91. The zero-order valence-electron chi connectivity index (χ0n) is 13.1. The quantitative estimate of drug-likeness (QED) is 0.737. The van der Waals surface area contributed by atoms with Crippen LogP contribution in [0.3, 0.4) is 0 Å². The lowest BCUT2D eigenvalue weighted by Gasteiger charge is -2.16. The topological polar surface area (TPSA) is 50.4 Å². The van der Waals surface area contributed by atoms with Crippen LogP contribution >= 0.6 is 35.4 Å². The summed E-state index contributed by atoms with van der Waals surface area (Å²) in [6.45, 7) is 3.86. The van der Waals surface area contributed by atoms with Crippen LogP contribution in [0.5, 0.6) is 5.75 Å². The molecule has 7 heteroatoms. The molecule has 24 heavy (non-hydrogen) atoms. The molecule has 4 nitrogen and oxygen atoms in total. The van der Waals surface area contributed by atoms with E-state index in [2.05, 4.69) is 10.6 Å². The largest absolute Gasteiger partial charge is 0.489 e. The minimum absolute atomic E-state index is 0.0183. The summed E-state index contributed by atoms with van der Waals surface area (Å²) in [6.07, 6.45) is 0.0183. The number of carbonyl (C=O) groups excluding carboxylic acids is 1. The summed E-state index contributed by atoms with van der Waals surface area (Å²) >= 11 is 17.0. The van der Waals surface area contributed by atoms with E-state index in [1.807, 2.05) is 38.1 Å². The van der Waals surface area contributed by atoms with E-state index in [4.69, 9.17) is 40.2 Å². The highest BCUT2D eigenvalue weighted by Crippen LogP contribution is 2.25. The number of hydrogen-bond donors (Lipinski definition) is 2. The maximum absolute atomic E-state index is 12.2. The van der Waals surface area contributed by atoms with Crippen molar-refractivity contribution in [2.45, 2.75) is 20.0 Å². The lowest BCUT2D eigenvalue weighted by Crippen LogP contribution is -2.34. The Morgan fingerprint density at radius 2 is 1.75 bits per heavy atom. The van der Waals surface area contributed by atoms with Crippen LogP contribution in [0.1, 0.15) is 24.2 Å². The SMILES string of the molecule is CC(C)Oc1ccccc1NC(=S)NC(=O)c1cc(Cl)cc(Cl)c1. The molecule has 0 spiro atoms. The minimum atomic E-state index is -0.404. The van der Waals surface area contributed by atoms with Crippen molar-refractivity contribution >= 4 is 52.1 Å². The Kier molecular flexibility index (Phi) is 6.43. The maximum Gasteiger partial charge on any atom is 0.257 e. The van der Waals surface area contributed by atoms with Gasteiger partial charge in [0.05, 0.1) is 11.8 Å². The number of amides is 1. The van der Waals surface area contributed by atoms with Gasteiger partial charge >= 0.3 is 0 Å². The van der Waals surface area contributed by atoms with Crippen LogP contribution in [-0.4, -0.2) is 17.1 Å². The van der Waals surface area contributed by atoms with Gasteiger partial charge in [-0.15, -0.1) is 0 Å². The summed E-state index contributed by atoms with van der Waals surface area (Å²) < 4.78 is 5.70. The average molecular weight is 383 g/mol. The molecule has 0 aromatic heterocycles. The Hall–Kier alpha value is -1.82. The number of nitrogens with one attached hydrogen (secondary N) is 2. The lowest BCUT2D eigenvalue weighted by molar-refractivity contribution is 0.0977. The molecule has 0 unspecified atom stereocenters. The molecular weight excluding hydrogens is 367 g/mol. The van der Waals surface area contributed by atoms with E-state index in [1.54, 1.807) is 6.07 Å². The van der Waals surface area contributed by atoms with Gasteiger partial charge in [-0.2, -0.15) is 0 Å². The summed E-state index contributed by atoms with van der Waals surface area (Å²) in [5.41, 5.74) is 0.990. The van der Waals surface area contributed by atoms with Gasteiger partial charge < -0.3 is 10.1 Å². The van der Waals surface area contributed by atoms with E-state index in [1.165, 1.54) is 12.1 Å². The molecule has 2 rings (SSSR count). The Labute approximate surface area is 156 Å². The van der Waals surface area contributed by atoms with Gasteiger partial charge in [-0.25, -0.2) is 0 Å². The molecule has 0 saturated carbocycles. The van der Waals surface area contributed by atoms with Gasteiger partial charge in [0.1, 0.15) is 5.75 Å². The molecule has 0 aliphatic rings. The van der Waals surface area contributed by atoms with Gasteiger partial charge in [0.15, 0.2) is 5.11 Å². The highest BCUT2D eigenvalue weighted by atomic mass is 35.5. The molecule has 1 amide bonds. The summed E-state index contributed by atoms with van der Waals surface area (Å²) in [5.74, 6) is 0.244. The highest BCUT2D eigenvalue weighted by molar-refractivity contribution is 7.80. The summed E-state index contributed by atoms with van der Waals surface area (Å²) in [7, 11) is 0. The van der Waals surface area contributed by atoms with Crippen LogP contribution in [0.25, 0.3) is 0 Å². The molecular formula is C17H16Cl2N2O2S. The van der Waals surface area contributed by atoms with E-state index in [0.717, 1.165) is 0 Å². The molecule has 0 atom stereocenters. The number of hydrogen-bond acceptors (Lipinski definition) is 3. The summed E-state index contributed by atoms with van der Waals surface area (Å²) in [4.78, 5) is 12.2. The van der Waals surface area contributed by atoms with E-state index >= 15 is 0 Å². The zero-order valence-corrected chi connectivity index (χ0v) is 15.4. The first-order valence-electron chi connectivity index (χ1n) is 7.19. The Balaban J connectivity index is 2.07. The third-order valence-electron chi connectivity index (χ3n) is 2.85. The fourth-order valence-corrected chi connectivity index (χ4v) is 2.67. The van der Waals surface area contributed by atoms with E-state index in [9.17, 15) is 4.79 Å². The molecule has 0 bridgehead atoms. The number of thiocarbonyl (C=S) groups is 1. The molecule has 0 aliphatic heterocycles. The van der Waals surface area contributed by atoms with Crippen LogP contribution in [0, 0.1) is 0 Å². The van der Waals surface area contributed by atoms with Crippen LogP contribution in [-0.2, 0) is 0 Å². The van der Waals surface area contributed by atoms with Gasteiger partial charge in [0, 0.05) is 15.6 Å². The first-order valence-corrected chi connectivity index (χ1v) is 8.35. The van der Waals surface area contributed by atoms with Gasteiger partial charge in [-0.3, -0.25) is 10.1 Å². The van der Waals surface area contributed by atoms with Crippen LogP contribution in [0.4, 0.5) is 5.69 Å². The van der Waals surface area contributed by atoms with Crippen LogP contribution in [0.15, 0.2) is 42.5 Å². The Morgan fingerprint density at radius 3 is 2.38 bits per heavy atom. The number of halogens is 2. The highest BCUT2D eigenvalue weighted by Gasteiger charge is 2.12. The monoisotopic (exact) mass is 382 g/mol. The smallest absolute Gasteiger partial charge is 0.257 e. The molecule has 0 aliphatic carbocycles. The third kappa shape index (κ3) is 5.37. The molecule has 0 radical (unpaired) electrons. The van der Waals surface area contributed by atoms with Crippen molar-refractivity contribution in [2.24, 2.45) is 0 Å². The normalized spacial score (nSPS) is 10.4. The molecule has 2 N–H and O–H groups in total. The molecule has 2 aromatic carbocycles. The van der Waals surface area contributed by atoms with Crippen LogP contribution < -0.4 is 15.4 Å². The predicted molar refractivity (Wildman–Crippen MR) is 102 cm³/mol. The maximum atomic E-state index is 12.2. The van der Waals surface area contributed by atoms with Crippen molar-refractivity contribution in [3.63, 3.8) is 0 Å².